The molecule has 92 valence electrons. The molecule has 1 aromatic rings. The summed E-state index contributed by atoms with van der Waals surface area (Å²) in [4.78, 5) is 0.806. The van der Waals surface area contributed by atoms with Crippen molar-refractivity contribution in [3.8, 4) is 11.5 Å². The van der Waals surface area contributed by atoms with Gasteiger partial charge in [0.25, 0.3) is 0 Å². The van der Waals surface area contributed by atoms with Crippen LogP contribution in [0.15, 0.2) is 17.0 Å². The smallest absolute Gasteiger partial charge is 0.162 e. The molecule has 0 radical (unpaired) electrons. The summed E-state index contributed by atoms with van der Waals surface area (Å²) in [6.07, 6.45) is 0.749. The number of benzene rings is 1. The predicted molar refractivity (Wildman–Crippen MR) is 64.8 cm³/mol. The molecule has 3 rings (SSSR count). The minimum Gasteiger partial charge on any atom is -0.486 e. The number of hydrogen-bond donors (Lipinski definition) is 1. The summed E-state index contributed by atoms with van der Waals surface area (Å²) in [5.74, 6) is 1.40. The lowest BCUT2D eigenvalue weighted by Crippen LogP contribution is -2.28. The van der Waals surface area contributed by atoms with Crippen LogP contribution in [0.2, 0.25) is 0 Å². The van der Waals surface area contributed by atoms with Crippen LogP contribution in [-0.2, 0) is 10.8 Å². The number of fused-ring (bicyclic) bond motifs is 2. The van der Waals surface area contributed by atoms with E-state index in [9.17, 15) is 4.21 Å². The molecule has 0 amide bonds. The molecule has 4 nitrogen and oxygen atoms in total. The first kappa shape index (κ1) is 11.0. The van der Waals surface area contributed by atoms with Gasteiger partial charge in [-0.05, 0) is 18.1 Å². The van der Waals surface area contributed by atoms with E-state index in [1.165, 1.54) is 0 Å². The summed E-state index contributed by atoms with van der Waals surface area (Å²) in [5, 5.41) is 0.0973. The van der Waals surface area contributed by atoms with Gasteiger partial charge in [0.1, 0.15) is 13.2 Å². The summed E-state index contributed by atoms with van der Waals surface area (Å²) >= 11 is 0. The van der Waals surface area contributed by atoms with E-state index in [4.69, 9.17) is 15.2 Å². The fraction of sp³-hybridized carbons (Fsp3) is 0.500. The van der Waals surface area contributed by atoms with E-state index >= 15 is 0 Å². The minimum absolute atomic E-state index is 0.0615. The monoisotopic (exact) mass is 253 g/mol. The van der Waals surface area contributed by atoms with Gasteiger partial charge < -0.3 is 15.2 Å². The second kappa shape index (κ2) is 3.99. The van der Waals surface area contributed by atoms with Crippen molar-refractivity contribution < 1.29 is 13.7 Å². The van der Waals surface area contributed by atoms with Crippen molar-refractivity contribution in [1.82, 2.24) is 0 Å². The zero-order chi connectivity index (χ0) is 12.0. The first-order chi connectivity index (χ1) is 8.16. The Bertz CT molecular complexity index is 489. The van der Waals surface area contributed by atoms with Crippen LogP contribution in [0.4, 0.5) is 0 Å². The first-order valence-electron chi connectivity index (χ1n) is 5.76. The van der Waals surface area contributed by atoms with Crippen molar-refractivity contribution in [3.05, 3.63) is 17.7 Å². The van der Waals surface area contributed by atoms with E-state index in [2.05, 4.69) is 0 Å². The van der Waals surface area contributed by atoms with Crippen molar-refractivity contribution in [2.24, 2.45) is 5.73 Å². The second-order valence-electron chi connectivity index (χ2n) is 4.48. The van der Waals surface area contributed by atoms with Crippen LogP contribution in [0, 0.1) is 0 Å². The quantitative estimate of drug-likeness (QED) is 0.758. The topological polar surface area (TPSA) is 61.6 Å². The van der Waals surface area contributed by atoms with Gasteiger partial charge >= 0.3 is 0 Å². The Kier molecular flexibility index (Phi) is 2.60. The normalized spacial score (nSPS) is 30.8. The number of rotatable bonds is 0. The molecule has 1 aromatic carbocycles. The zero-order valence-electron chi connectivity index (χ0n) is 9.64. The number of hydrogen-bond acceptors (Lipinski definition) is 4. The average Bonchev–Trinajstić information content (AvgIpc) is 2.34. The third-order valence-corrected chi connectivity index (χ3v) is 4.95. The highest BCUT2D eigenvalue weighted by Gasteiger charge is 2.30. The Labute approximate surface area is 103 Å². The highest BCUT2D eigenvalue weighted by atomic mass is 32.2. The van der Waals surface area contributed by atoms with E-state index < -0.39 is 10.8 Å². The van der Waals surface area contributed by atoms with E-state index in [0.29, 0.717) is 19.0 Å². The lowest BCUT2D eigenvalue weighted by atomic mass is 10.0. The van der Waals surface area contributed by atoms with E-state index in [0.717, 1.165) is 22.6 Å². The fourth-order valence-electron chi connectivity index (χ4n) is 2.34. The predicted octanol–water partition coefficient (Wildman–Crippen LogP) is 1.36. The van der Waals surface area contributed by atoms with E-state index in [1.807, 2.05) is 19.1 Å². The molecule has 0 aromatic heterocycles. The van der Waals surface area contributed by atoms with Gasteiger partial charge in [-0.15, -0.1) is 0 Å². The first-order valence-corrected chi connectivity index (χ1v) is 6.98. The van der Waals surface area contributed by atoms with Gasteiger partial charge in [-0.25, -0.2) is 0 Å². The molecule has 0 fully saturated rings. The molecule has 2 N–H and O–H groups in total. The molecule has 0 saturated carbocycles. The molecule has 2 heterocycles. The van der Waals surface area contributed by atoms with Gasteiger partial charge in [-0.1, -0.05) is 6.92 Å². The molecule has 0 aliphatic carbocycles. The third kappa shape index (κ3) is 1.73. The Balaban J connectivity index is 2.14. The average molecular weight is 253 g/mol. The molecule has 3 unspecified atom stereocenters. The summed E-state index contributed by atoms with van der Waals surface area (Å²) in [5.41, 5.74) is 7.04. The van der Waals surface area contributed by atoms with Crippen LogP contribution in [0.25, 0.3) is 0 Å². The second-order valence-corrected chi connectivity index (χ2v) is 6.32. The zero-order valence-corrected chi connectivity index (χ0v) is 10.5. The third-order valence-electron chi connectivity index (χ3n) is 3.24. The van der Waals surface area contributed by atoms with Gasteiger partial charge in [0.2, 0.25) is 0 Å². The van der Waals surface area contributed by atoms with Crippen molar-refractivity contribution in [3.63, 3.8) is 0 Å². The summed E-state index contributed by atoms with van der Waals surface area (Å²) in [7, 11) is -0.994. The van der Waals surface area contributed by atoms with Gasteiger partial charge in [0, 0.05) is 22.3 Å². The molecule has 0 spiro atoms. The van der Waals surface area contributed by atoms with Gasteiger partial charge in [0.15, 0.2) is 11.5 Å². The standard InChI is InChI=1S/C12H15NO3S/c1-7-4-9(13)8-5-10-11(16-3-2-15-10)6-12(8)17(7)14/h5-7,9H,2-4,13H2,1H3. The molecular formula is C12H15NO3S. The van der Waals surface area contributed by atoms with Crippen molar-refractivity contribution >= 4 is 10.8 Å². The van der Waals surface area contributed by atoms with E-state index in [-0.39, 0.29) is 11.3 Å². The van der Waals surface area contributed by atoms with Crippen LogP contribution in [0.3, 0.4) is 0 Å². The maximum absolute atomic E-state index is 12.2. The fourth-order valence-corrected chi connectivity index (χ4v) is 3.82. The van der Waals surface area contributed by atoms with Gasteiger partial charge in [-0.2, -0.15) is 0 Å². The van der Waals surface area contributed by atoms with Crippen LogP contribution < -0.4 is 15.2 Å². The Morgan fingerprint density at radius 3 is 2.65 bits per heavy atom. The Morgan fingerprint density at radius 1 is 1.29 bits per heavy atom. The van der Waals surface area contributed by atoms with Crippen LogP contribution in [0.5, 0.6) is 11.5 Å². The Morgan fingerprint density at radius 2 is 1.94 bits per heavy atom. The van der Waals surface area contributed by atoms with Gasteiger partial charge in [0.05, 0.1) is 10.8 Å². The molecule has 2 aliphatic heterocycles. The number of nitrogens with two attached hydrogens (primary N) is 1. The molecular weight excluding hydrogens is 238 g/mol. The molecule has 17 heavy (non-hydrogen) atoms. The van der Waals surface area contributed by atoms with Crippen LogP contribution >= 0.6 is 0 Å². The molecule has 3 atom stereocenters. The minimum atomic E-state index is -0.994. The largest absolute Gasteiger partial charge is 0.486 e. The lowest BCUT2D eigenvalue weighted by Gasteiger charge is -2.29. The van der Waals surface area contributed by atoms with Crippen LogP contribution in [0.1, 0.15) is 24.9 Å². The molecule has 0 bridgehead atoms. The van der Waals surface area contributed by atoms with Crippen molar-refractivity contribution in [2.75, 3.05) is 13.2 Å². The highest BCUT2D eigenvalue weighted by Crippen LogP contribution is 2.40. The lowest BCUT2D eigenvalue weighted by molar-refractivity contribution is 0.170. The number of ether oxygens (including phenoxy) is 2. The van der Waals surface area contributed by atoms with Crippen molar-refractivity contribution in [1.29, 1.82) is 0 Å². The van der Waals surface area contributed by atoms with Crippen LogP contribution in [-0.4, -0.2) is 22.7 Å². The molecule has 0 saturated heterocycles. The Hall–Kier alpha value is -1.07. The van der Waals surface area contributed by atoms with Crippen molar-refractivity contribution in [2.45, 2.75) is 29.5 Å². The SMILES string of the molecule is CC1CC(N)c2cc3c(cc2S1=O)OCCO3. The maximum Gasteiger partial charge on any atom is 0.162 e. The molecule has 5 heteroatoms. The summed E-state index contributed by atoms with van der Waals surface area (Å²) < 4.78 is 23.2. The maximum atomic E-state index is 12.2. The summed E-state index contributed by atoms with van der Waals surface area (Å²) in [6.45, 7) is 3.07. The summed E-state index contributed by atoms with van der Waals surface area (Å²) in [6, 6.07) is 3.65. The van der Waals surface area contributed by atoms with E-state index in [1.54, 1.807) is 0 Å². The highest BCUT2D eigenvalue weighted by molar-refractivity contribution is 7.85. The van der Waals surface area contributed by atoms with Gasteiger partial charge in [-0.3, -0.25) is 4.21 Å². The molecule has 2 aliphatic rings.